The molecule has 0 heterocycles. The summed E-state index contributed by atoms with van der Waals surface area (Å²) in [6.45, 7) is 3.91. The van der Waals surface area contributed by atoms with Gasteiger partial charge in [0.2, 0.25) is 0 Å². The van der Waals surface area contributed by atoms with E-state index in [9.17, 15) is 5.11 Å². The van der Waals surface area contributed by atoms with Gasteiger partial charge in [-0.3, -0.25) is 0 Å². The molecule has 1 aliphatic rings. The summed E-state index contributed by atoms with van der Waals surface area (Å²) in [5.74, 6) is 1.91. The first-order valence-corrected chi connectivity index (χ1v) is 6.15. The van der Waals surface area contributed by atoms with Crippen molar-refractivity contribution in [2.24, 2.45) is 0 Å². The van der Waals surface area contributed by atoms with Crippen LogP contribution in [0.4, 0.5) is 0 Å². The molecular weight excluding hydrogens is 232 g/mol. The van der Waals surface area contributed by atoms with Crippen molar-refractivity contribution in [3.05, 3.63) is 17.7 Å². The van der Waals surface area contributed by atoms with Gasteiger partial charge in [0.25, 0.3) is 0 Å². The molecular formula is C14H20O4. The molecule has 0 bridgehead atoms. The van der Waals surface area contributed by atoms with Crippen molar-refractivity contribution >= 4 is 0 Å². The lowest BCUT2D eigenvalue weighted by Gasteiger charge is -2.19. The third-order valence-electron chi connectivity index (χ3n) is 3.07. The summed E-state index contributed by atoms with van der Waals surface area (Å²) >= 11 is 0. The largest absolute Gasteiger partial charge is 0.496 e. The van der Waals surface area contributed by atoms with Gasteiger partial charge in [-0.1, -0.05) is 0 Å². The topological polar surface area (TPSA) is 47.9 Å². The summed E-state index contributed by atoms with van der Waals surface area (Å²) in [5, 5.41) is 10.2. The molecule has 0 unspecified atom stereocenters. The van der Waals surface area contributed by atoms with Gasteiger partial charge in [-0.15, -0.1) is 0 Å². The zero-order valence-electron chi connectivity index (χ0n) is 11.3. The SMILES string of the molecule is COc1cc(C2(O)CC2)c(OC)cc1OC(C)C. The summed E-state index contributed by atoms with van der Waals surface area (Å²) in [6, 6.07) is 3.59. The molecule has 0 atom stereocenters. The number of hydrogen-bond acceptors (Lipinski definition) is 4. The molecule has 18 heavy (non-hydrogen) atoms. The molecule has 1 saturated carbocycles. The fraction of sp³-hybridized carbons (Fsp3) is 0.571. The number of ether oxygens (including phenoxy) is 3. The van der Waals surface area contributed by atoms with E-state index in [-0.39, 0.29) is 6.10 Å². The number of benzene rings is 1. The van der Waals surface area contributed by atoms with E-state index in [0.29, 0.717) is 17.2 Å². The molecule has 4 heteroatoms. The van der Waals surface area contributed by atoms with Crippen LogP contribution in [0.2, 0.25) is 0 Å². The summed E-state index contributed by atoms with van der Waals surface area (Å²) in [7, 11) is 3.19. The quantitative estimate of drug-likeness (QED) is 0.874. The van der Waals surface area contributed by atoms with Gasteiger partial charge in [0.1, 0.15) is 5.75 Å². The van der Waals surface area contributed by atoms with E-state index in [1.54, 1.807) is 20.3 Å². The van der Waals surface area contributed by atoms with Crippen LogP contribution in [-0.4, -0.2) is 25.4 Å². The molecule has 0 radical (unpaired) electrons. The second-order valence-corrected chi connectivity index (χ2v) is 4.90. The number of rotatable bonds is 5. The summed E-state index contributed by atoms with van der Waals surface area (Å²) in [6.07, 6.45) is 1.58. The molecule has 1 aromatic carbocycles. The van der Waals surface area contributed by atoms with Crippen molar-refractivity contribution in [1.29, 1.82) is 0 Å². The molecule has 100 valence electrons. The Morgan fingerprint density at radius 3 is 2.11 bits per heavy atom. The van der Waals surface area contributed by atoms with E-state index in [1.165, 1.54) is 0 Å². The van der Waals surface area contributed by atoms with Crippen LogP contribution in [0.25, 0.3) is 0 Å². The van der Waals surface area contributed by atoms with Crippen molar-refractivity contribution < 1.29 is 19.3 Å². The van der Waals surface area contributed by atoms with E-state index in [1.807, 2.05) is 19.9 Å². The highest BCUT2D eigenvalue weighted by Gasteiger charge is 2.45. The highest BCUT2D eigenvalue weighted by molar-refractivity contribution is 5.54. The third-order valence-corrected chi connectivity index (χ3v) is 3.07. The van der Waals surface area contributed by atoms with E-state index in [2.05, 4.69) is 0 Å². The molecule has 0 amide bonds. The van der Waals surface area contributed by atoms with Crippen LogP contribution in [0, 0.1) is 0 Å². The summed E-state index contributed by atoms with van der Waals surface area (Å²) < 4.78 is 16.3. The Balaban J connectivity index is 2.44. The average molecular weight is 252 g/mol. The molecule has 0 aliphatic heterocycles. The van der Waals surface area contributed by atoms with Gasteiger partial charge < -0.3 is 19.3 Å². The van der Waals surface area contributed by atoms with Crippen LogP contribution in [0.3, 0.4) is 0 Å². The Kier molecular flexibility index (Phi) is 3.39. The van der Waals surface area contributed by atoms with E-state index in [4.69, 9.17) is 14.2 Å². The van der Waals surface area contributed by atoms with Crippen molar-refractivity contribution in [3.8, 4) is 17.2 Å². The second kappa shape index (κ2) is 4.69. The maximum absolute atomic E-state index is 10.2. The van der Waals surface area contributed by atoms with Crippen LogP contribution in [0.1, 0.15) is 32.3 Å². The smallest absolute Gasteiger partial charge is 0.165 e. The van der Waals surface area contributed by atoms with Gasteiger partial charge in [-0.25, -0.2) is 0 Å². The molecule has 4 nitrogen and oxygen atoms in total. The predicted octanol–water partition coefficient (Wildman–Crippen LogP) is 2.47. The van der Waals surface area contributed by atoms with Crippen LogP contribution >= 0.6 is 0 Å². The molecule has 1 aliphatic carbocycles. The van der Waals surface area contributed by atoms with Crippen LogP contribution < -0.4 is 14.2 Å². The van der Waals surface area contributed by atoms with E-state index < -0.39 is 5.60 Å². The number of hydrogen-bond donors (Lipinski definition) is 1. The zero-order valence-corrected chi connectivity index (χ0v) is 11.3. The number of methoxy groups -OCH3 is 2. The maximum atomic E-state index is 10.2. The Hall–Kier alpha value is -1.42. The van der Waals surface area contributed by atoms with Crippen molar-refractivity contribution in [1.82, 2.24) is 0 Å². The average Bonchev–Trinajstić information content (AvgIpc) is 3.07. The highest BCUT2D eigenvalue weighted by atomic mass is 16.5. The normalized spacial score (nSPS) is 16.6. The minimum absolute atomic E-state index is 0.0541. The van der Waals surface area contributed by atoms with E-state index in [0.717, 1.165) is 18.4 Å². The van der Waals surface area contributed by atoms with Gasteiger partial charge >= 0.3 is 0 Å². The first kappa shape index (κ1) is 13.0. The van der Waals surface area contributed by atoms with Gasteiger partial charge in [-0.2, -0.15) is 0 Å². The van der Waals surface area contributed by atoms with Crippen LogP contribution in [-0.2, 0) is 5.60 Å². The Labute approximate surface area is 107 Å². The van der Waals surface area contributed by atoms with Gasteiger partial charge in [0.15, 0.2) is 11.5 Å². The maximum Gasteiger partial charge on any atom is 0.165 e. The van der Waals surface area contributed by atoms with Crippen LogP contribution in [0.15, 0.2) is 12.1 Å². The minimum Gasteiger partial charge on any atom is -0.496 e. The lowest BCUT2D eigenvalue weighted by atomic mass is 10.1. The Morgan fingerprint density at radius 2 is 1.67 bits per heavy atom. The predicted molar refractivity (Wildman–Crippen MR) is 68.4 cm³/mol. The standard InChI is InChI=1S/C14H20O4/c1-9(2)18-13-8-11(16-3)10(7-12(13)17-4)14(15)5-6-14/h7-9,15H,5-6H2,1-4H3. The van der Waals surface area contributed by atoms with Crippen molar-refractivity contribution in [2.45, 2.75) is 38.4 Å². The van der Waals surface area contributed by atoms with Gasteiger partial charge in [-0.05, 0) is 32.8 Å². The lowest BCUT2D eigenvalue weighted by molar-refractivity contribution is 0.146. The number of aliphatic hydroxyl groups is 1. The molecule has 1 aromatic rings. The fourth-order valence-corrected chi connectivity index (χ4v) is 1.97. The lowest BCUT2D eigenvalue weighted by Crippen LogP contribution is -2.10. The Bertz CT molecular complexity index is 436. The molecule has 0 spiro atoms. The molecule has 0 aromatic heterocycles. The monoisotopic (exact) mass is 252 g/mol. The first-order valence-electron chi connectivity index (χ1n) is 6.15. The molecule has 1 fully saturated rings. The van der Waals surface area contributed by atoms with Crippen molar-refractivity contribution in [3.63, 3.8) is 0 Å². The van der Waals surface area contributed by atoms with Crippen molar-refractivity contribution in [2.75, 3.05) is 14.2 Å². The minimum atomic E-state index is -0.755. The summed E-state index contributed by atoms with van der Waals surface area (Å²) in [4.78, 5) is 0. The highest BCUT2D eigenvalue weighted by Crippen LogP contribution is 2.51. The zero-order chi connectivity index (χ0) is 13.3. The second-order valence-electron chi connectivity index (χ2n) is 4.90. The Morgan fingerprint density at radius 1 is 1.06 bits per heavy atom. The van der Waals surface area contributed by atoms with Crippen LogP contribution in [0.5, 0.6) is 17.2 Å². The molecule has 0 saturated heterocycles. The molecule has 2 rings (SSSR count). The van der Waals surface area contributed by atoms with Gasteiger partial charge in [0, 0.05) is 11.6 Å². The van der Waals surface area contributed by atoms with E-state index >= 15 is 0 Å². The van der Waals surface area contributed by atoms with Gasteiger partial charge in [0.05, 0.1) is 25.9 Å². The first-order chi connectivity index (χ1) is 8.50. The summed E-state index contributed by atoms with van der Waals surface area (Å²) in [5.41, 5.74) is 0.0209. The molecule has 1 N–H and O–H groups in total. The fourth-order valence-electron chi connectivity index (χ4n) is 1.97. The third kappa shape index (κ3) is 2.38.